The van der Waals surface area contributed by atoms with Gasteiger partial charge in [-0.2, -0.15) is 0 Å². The lowest BCUT2D eigenvalue weighted by Gasteiger charge is -2.29. The highest BCUT2D eigenvalue weighted by Crippen LogP contribution is 2.36. The molecule has 0 bridgehead atoms. The first-order valence-corrected chi connectivity index (χ1v) is 8.36. The lowest BCUT2D eigenvalue weighted by molar-refractivity contribution is 0.393. The van der Waals surface area contributed by atoms with E-state index < -0.39 is 0 Å². The van der Waals surface area contributed by atoms with E-state index in [0.717, 1.165) is 22.3 Å². The Hall–Kier alpha value is -1.57. The Kier molecular flexibility index (Phi) is 4.04. The summed E-state index contributed by atoms with van der Waals surface area (Å²) in [4.78, 5) is 13.5. The molecule has 0 saturated carbocycles. The quantitative estimate of drug-likeness (QED) is 0.625. The van der Waals surface area contributed by atoms with E-state index >= 15 is 0 Å². The molecular weight excluding hydrogens is 284 g/mol. The van der Waals surface area contributed by atoms with Crippen molar-refractivity contribution in [3.05, 3.63) is 45.3 Å². The van der Waals surface area contributed by atoms with Crippen LogP contribution in [0.15, 0.2) is 27.4 Å². The van der Waals surface area contributed by atoms with Gasteiger partial charge in [-0.15, -0.1) is 0 Å². The lowest BCUT2D eigenvalue weighted by atomic mass is 9.77. The van der Waals surface area contributed by atoms with Gasteiger partial charge in [0.25, 0.3) is 0 Å². The summed E-state index contributed by atoms with van der Waals surface area (Å²) < 4.78 is 6.30. The third kappa shape index (κ3) is 3.22. The minimum absolute atomic E-state index is 0.105. The molecule has 1 heterocycles. The maximum atomic E-state index is 13.5. The van der Waals surface area contributed by atoms with E-state index in [9.17, 15) is 4.79 Å². The first-order valence-electron chi connectivity index (χ1n) is 8.36. The molecule has 0 spiro atoms. The van der Waals surface area contributed by atoms with Gasteiger partial charge in [0.15, 0.2) is 5.43 Å². The van der Waals surface area contributed by atoms with Crippen molar-refractivity contribution in [1.82, 2.24) is 0 Å². The summed E-state index contributed by atoms with van der Waals surface area (Å²) in [5.74, 6) is 0.800. The molecule has 2 nitrogen and oxygen atoms in total. The molecule has 0 aliphatic rings. The minimum atomic E-state index is -0.262. The summed E-state index contributed by atoms with van der Waals surface area (Å²) in [5.41, 5.74) is 2.08. The molecule has 0 aliphatic carbocycles. The molecule has 0 unspecified atom stereocenters. The Morgan fingerprint density at radius 2 is 1.35 bits per heavy atom. The third-order valence-electron chi connectivity index (χ3n) is 4.16. The SMILES string of the molecule is CC(C)(C)c1oc2cccc(C(C)(C)C)c2c(=O)c1C(C)(C)C. The van der Waals surface area contributed by atoms with Gasteiger partial charge in [-0.05, 0) is 22.5 Å². The van der Waals surface area contributed by atoms with Crippen LogP contribution in [-0.4, -0.2) is 0 Å². The molecule has 0 N–H and O–H groups in total. The van der Waals surface area contributed by atoms with Gasteiger partial charge >= 0.3 is 0 Å². The molecule has 0 saturated heterocycles. The van der Waals surface area contributed by atoms with Gasteiger partial charge in [0.2, 0.25) is 0 Å². The third-order valence-corrected chi connectivity index (χ3v) is 4.16. The zero-order valence-electron chi connectivity index (χ0n) is 16.0. The average molecular weight is 314 g/mol. The van der Waals surface area contributed by atoms with Crippen molar-refractivity contribution >= 4 is 11.0 Å². The van der Waals surface area contributed by atoms with E-state index in [1.54, 1.807) is 0 Å². The van der Waals surface area contributed by atoms with Gasteiger partial charge < -0.3 is 4.42 Å². The highest BCUT2D eigenvalue weighted by Gasteiger charge is 2.33. The zero-order valence-corrected chi connectivity index (χ0v) is 16.0. The summed E-state index contributed by atoms with van der Waals surface area (Å²) >= 11 is 0. The van der Waals surface area contributed by atoms with Crippen molar-refractivity contribution in [2.75, 3.05) is 0 Å². The Morgan fingerprint density at radius 1 is 0.783 bits per heavy atom. The summed E-state index contributed by atoms with van der Waals surface area (Å²) in [6, 6.07) is 5.94. The fourth-order valence-corrected chi connectivity index (χ4v) is 3.07. The fraction of sp³-hybridized carbons (Fsp3) is 0.571. The van der Waals surface area contributed by atoms with Crippen LogP contribution in [0.2, 0.25) is 0 Å². The summed E-state index contributed by atoms with van der Waals surface area (Å²) in [7, 11) is 0. The second kappa shape index (κ2) is 5.22. The van der Waals surface area contributed by atoms with Crippen molar-refractivity contribution in [2.24, 2.45) is 0 Å². The highest BCUT2D eigenvalue weighted by molar-refractivity contribution is 5.82. The Morgan fingerprint density at radius 3 is 1.78 bits per heavy atom. The maximum absolute atomic E-state index is 13.5. The van der Waals surface area contributed by atoms with Gasteiger partial charge in [-0.1, -0.05) is 74.4 Å². The molecule has 0 amide bonds. The molecule has 0 atom stereocenters. The lowest BCUT2D eigenvalue weighted by Crippen LogP contribution is -2.31. The van der Waals surface area contributed by atoms with Crippen LogP contribution in [0.5, 0.6) is 0 Å². The molecule has 23 heavy (non-hydrogen) atoms. The molecule has 2 heteroatoms. The predicted octanol–water partition coefficient (Wildman–Crippen LogP) is 5.69. The van der Waals surface area contributed by atoms with Crippen LogP contribution < -0.4 is 5.43 Å². The molecule has 126 valence electrons. The van der Waals surface area contributed by atoms with E-state index in [2.05, 4.69) is 62.3 Å². The van der Waals surface area contributed by atoms with Crippen LogP contribution in [0, 0.1) is 0 Å². The fourth-order valence-electron chi connectivity index (χ4n) is 3.07. The number of hydrogen-bond acceptors (Lipinski definition) is 2. The second-order valence-corrected chi connectivity index (χ2v) is 9.56. The summed E-state index contributed by atoms with van der Waals surface area (Å²) in [5, 5.41) is 0.734. The topological polar surface area (TPSA) is 30.2 Å². The van der Waals surface area contributed by atoms with Crippen molar-refractivity contribution in [1.29, 1.82) is 0 Å². The smallest absolute Gasteiger partial charge is 0.196 e. The van der Waals surface area contributed by atoms with Crippen molar-refractivity contribution in [2.45, 2.75) is 78.6 Å². The van der Waals surface area contributed by atoms with Crippen LogP contribution in [0.3, 0.4) is 0 Å². The first kappa shape index (κ1) is 17.8. The Labute approximate surface area is 139 Å². The predicted molar refractivity (Wildman–Crippen MR) is 98.6 cm³/mol. The van der Waals surface area contributed by atoms with E-state index in [1.165, 1.54) is 0 Å². The largest absolute Gasteiger partial charge is 0.460 e. The molecular formula is C21H30O2. The van der Waals surface area contributed by atoms with Crippen LogP contribution in [0.25, 0.3) is 11.0 Å². The molecule has 0 radical (unpaired) electrons. The van der Waals surface area contributed by atoms with E-state index in [4.69, 9.17) is 4.42 Å². The maximum Gasteiger partial charge on any atom is 0.196 e. The first-order chi connectivity index (χ1) is 10.2. The van der Waals surface area contributed by atoms with Crippen LogP contribution in [-0.2, 0) is 16.2 Å². The Balaban J connectivity index is 3.08. The number of benzene rings is 1. The van der Waals surface area contributed by atoms with E-state index in [1.807, 2.05) is 18.2 Å². The summed E-state index contributed by atoms with van der Waals surface area (Å²) in [6.45, 7) is 18.9. The number of rotatable bonds is 0. The average Bonchev–Trinajstić information content (AvgIpc) is 2.33. The standard InChI is InChI=1S/C21H30O2/c1-19(2,3)13-11-10-12-14-15(13)17(22)16(20(4,5)6)18(23-14)21(7,8)9/h10-12H,1-9H3. The molecule has 2 rings (SSSR count). The normalized spacial score (nSPS) is 13.6. The number of hydrogen-bond donors (Lipinski definition) is 0. The molecule has 2 aromatic rings. The van der Waals surface area contributed by atoms with Crippen LogP contribution in [0.4, 0.5) is 0 Å². The molecule has 1 aromatic carbocycles. The van der Waals surface area contributed by atoms with Crippen LogP contribution >= 0.6 is 0 Å². The van der Waals surface area contributed by atoms with Gasteiger partial charge in [-0.25, -0.2) is 0 Å². The highest BCUT2D eigenvalue weighted by atomic mass is 16.3. The van der Waals surface area contributed by atoms with Crippen molar-refractivity contribution in [3.8, 4) is 0 Å². The van der Waals surface area contributed by atoms with Gasteiger partial charge in [0.05, 0.1) is 5.39 Å². The monoisotopic (exact) mass is 314 g/mol. The van der Waals surface area contributed by atoms with Gasteiger partial charge in [0, 0.05) is 11.0 Å². The molecule has 1 aromatic heterocycles. The van der Waals surface area contributed by atoms with E-state index in [-0.39, 0.29) is 21.7 Å². The van der Waals surface area contributed by atoms with Gasteiger partial charge in [0.1, 0.15) is 11.3 Å². The van der Waals surface area contributed by atoms with Crippen molar-refractivity contribution < 1.29 is 4.42 Å². The zero-order chi connectivity index (χ0) is 17.8. The Bertz CT molecular complexity index is 788. The van der Waals surface area contributed by atoms with E-state index in [0.29, 0.717) is 5.58 Å². The summed E-state index contributed by atoms with van der Waals surface area (Å²) in [6.07, 6.45) is 0. The molecule has 0 aliphatic heterocycles. The van der Waals surface area contributed by atoms with Gasteiger partial charge in [-0.3, -0.25) is 4.79 Å². The second-order valence-electron chi connectivity index (χ2n) is 9.56. The van der Waals surface area contributed by atoms with Crippen molar-refractivity contribution in [3.63, 3.8) is 0 Å². The number of fused-ring (bicyclic) bond motifs is 1. The minimum Gasteiger partial charge on any atom is -0.460 e. The van der Waals surface area contributed by atoms with Crippen LogP contribution in [0.1, 0.15) is 79.2 Å². The molecule has 0 fully saturated rings.